The first-order chi connectivity index (χ1) is 9.54. The first kappa shape index (κ1) is 14.3. The van der Waals surface area contributed by atoms with Crippen LogP contribution in [-0.4, -0.2) is 41.6 Å². The second-order valence-corrected chi connectivity index (χ2v) is 4.69. The molecule has 0 bridgehead atoms. The average Bonchev–Trinajstić information content (AvgIpc) is 2.46. The van der Waals surface area contributed by atoms with Gasteiger partial charge >= 0.3 is 5.97 Å². The van der Waals surface area contributed by atoms with E-state index < -0.39 is 23.7 Å². The number of likely N-dealkylation sites (tertiary alicyclic amines) is 1. The summed E-state index contributed by atoms with van der Waals surface area (Å²) in [6.45, 7) is 0.335. The van der Waals surface area contributed by atoms with Gasteiger partial charge in [0.1, 0.15) is 17.6 Å². The van der Waals surface area contributed by atoms with Crippen molar-refractivity contribution < 1.29 is 23.8 Å². The number of benzene rings is 1. The van der Waals surface area contributed by atoms with E-state index in [-0.39, 0.29) is 5.56 Å². The number of carbonyl (C=O) groups excluding carboxylic acids is 1. The van der Waals surface area contributed by atoms with E-state index in [2.05, 4.69) is 0 Å². The van der Waals surface area contributed by atoms with Crippen LogP contribution in [0.5, 0.6) is 5.75 Å². The zero-order valence-corrected chi connectivity index (χ0v) is 11.1. The number of carboxylic acids is 1. The fourth-order valence-electron chi connectivity index (χ4n) is 2.38. The first-order valence-corrected chi connectivity index (χ1v) is 6.42. The Kier molecular flexibility index (Phi) is 4.22. The molecule has 1 amide bonds. The number of piperidine rings is 1. The molecule has 1 unspecified atom stereocenters. The van der Waals surface area contributed by atoms with Crippen LogP contribution in [0.2, 0.25) is 0 Å². The monoisotopic (exact) mass is 281 g/mol. The van der Waals surface area contributed by atoms with Crippen molar-refractivity contribution in [2.45, 2.75) is 25.3 Å². The Bertz CT molecular complexity index is 532. The molecular weight excluding hydrogens is 265 g/mol. The second kappa shape index (κ2) is 5.90. The summed E-state index contributed by atoms with van der Waals surface area (Å²) in [6, 6.07) is 3.05. The molecule has 1 atom stereocenters. The topological polar surface area (TPSA) is 66.8 Å². The molecular formula is C14H16FNO4. The highest BCUT2D eigenvalue weighted by Gasteiger charge is 2.33. The van der Waals surface area contributed by atoms with E-state index in [0.29, 0.717) is 18.7 Å². The summed E-state index contributed by atoms with van der Waals surface area (Å²) < 4.78 is 18.8. The molecule has 1 aliphatic rings. The maximum Gasteiger partial charge on any atom is 0.326 e. The third-order valence-corrected chi connectivity index (χ3v) is 3.46. The summed E-state index contributed by atoms with van der Waals surface area (Å²) in [4.78, 5) is 24.7. The molecule has 1 fully saturated rings. The summed E-state index contributed by atoms with van der Waals surface area (Å²) in [7, 11) is 1.40. The van der Waals surface area contributed by atoms with Gasteiger partial charge in [0.25, 0.3) is 5.91 Å². The van der Waals surface area contributed by atoms with Crippen molar-refractivity contribution in [3.63, 3.8) is 0 Å². The normalized spacial score (nSPS) is 18.7. The Morgan fingerprint density at radius 2 is 2.15 bits per heavy atom. The molecule has 20 heavy (non-hydrogen) atoms. The van der Waals surface area contributed by atoms with Gasteiger partial charge in [-0.05, 0) is 31.4 Å². The summed E-state index contributed by atoms with van der Waals surface area (Å²) in [6.07, 6.45) is 1.89. The Hall–Kier alpha value is -2.11. The molecule has 0 spiro atoms. The van der Waals surface area contributed by atoms with E-state index in [0.717, 1.165) is 18.9 Å². The van der Waals surface area contributed by atoms with Crippen LogP contribution in [0.25, 0.3) is 0 Å². The van der Waals surface area contributed by atoms with Crippen LogP contribution in [0.15, 0.2) is 18.2 Å². The molecule has 0 aromatic heterocycles. The molecule has 1 aromatic rings. The van der Waals surface area contributed by atoms with Crippen molar-refractivity contribution >= 4 is 11.9 Å². The maximum atomic E-state index is 13.9. The molecule has 6 heteroatoms. The van der Waals surface area contributed by atoms with Crippen molar-refractivity contribution in [2.24, 2.45) is 0 Å². The van der Waals surface area contributed by atoms with E-state index in [4.69, 9.17) is 9.84 Å². The smallest absolute Gasteiger partial charge is 0.326 e. The summed E-state index contributed by atoms with van der Waals surface area (Å²) in [5, 5.41) is 9.15. The fraction of sp³-hybridized carbons (Fsp3) is 0.429. The minimum atomic E-state index is -1.05. The lowest BCUT2D eigenvalue weighted by Gasteiger charge is -2.33. The Morgan fingerprint density at radius 3 is 2.75 bits per heavy atom. The number of amides is 1. The van der Waals surface area contributed by atoms with Crippen LogP contribution in [0.3, 0.4) is 0 Å². The number of halogens is 1. The Balaban J connectivity index is 2.27. The minimum absolute atomic E-state index is 0.126. The largest absolute Gasteiger partial charge is 0.497 e. The van der Waals surface area contributed by atoms with Gasteiger partial charge in [-0.1, -0.05) is 0 Å². The molecule has 1 aromatic carbocycles. The number of carboxylic acid groups (broad SMARTS) is 1. The zero-order chi connectivity index (χ0) is 14.7. The number of ether oxygens (including phenoxy) is 1. The molecule has 2 rings (SSSR count). The molecule has 1 heterocycles. The molecule has 108 valence electrons. The van der Waals surface area contributed by atoms with Crippen LogP contribution < -0.4 is 4.74 Å². The lowest BCUT2D eigenvalue weighted by Crippen LogP contribution is -2.48. The highest BCUT2D eigenvalue weighted by atomic mass is 19.1. The van der Waals surface area contributed by atoms with Crippen LogP contribution in [0, 0.1) is 5.82 Å². The lowest BCUT2D eigenvalue weighted by molar-refractivity contribution is -0.143. The van der Waals surface area contributed by atoms with Gasteiger partial charge in [0, 0.05) is 12.6 Å². The van der Waals surface area contributed by atoms with Crippen LogP contribution in [-0.2, 0) is 4.79 Å². The number of rotatable bonds is 3. The minimum Gasteiger partial charge on any atom is -0.497 e. The molecule has 1 saturated heterocycles. The number of methoxy groups -OCH3 is 1. The summed E-state index contributed by atoms with van der Waals surface area (Å²) >= 11 is 0. The van der Waals surface area contributed by atoms with Gasteiger partial charge in [-0.2, -0.15) is 0 Å². The third kappa shape index (κ3) is 2.74. The van der Waals surface area contributed by atoms with Crippen LogP contribution in [0.4, 0.5) is 4.39 Å². The number of nitrogens with zero attached hydrogens (tertiary/aromatic N) is 1. The van der Waals surface area contributed by atoms with Crippen molar-refractivity contribution in [3.8, 4) is 5.75 Å². The Labute approximate surface area is 116 Å². The van der Waals surface area contributed by atoms with Gasteiger partial charge in [0.15, 0.2) is 0 Å². The van der Waals surface area contributed by atoms with Gasteiger partial charge in [-0.25, -0.2) is 9.18 Å². The SMILES string of the molecule is COc1ccc(C(=O)N2CCCCC2C(=O)O)c(F)c1. The van der Waals surface area contributed by atoms with Gasteiger partial charge < -0.3 is 14.7 Å². The highest BCUT2D eigenvalue weighted by molar-refractivity contribution is 5.97. The summed E-state index contributed by atoms with van der Waals surface area (Å²) in [5.41, 5.74) is -0.126. The van der Waals surface area contributed by atoms with Crippen molar-refractivity contribution in [2.75, 3.05) is 13.7 Å². The van der Waals surface area contributed by atoms with E-state index >= 15 is 0 Å². The molecule has 5 nitrogen and oxygen atoms in total. The molecule has 0 radical (unpaired) electrons. The molecule has 0 aliphatic carbocycles. The zero-order valence-electron chi connectivity index (χ0n) is 11.1. The van der Waals surface area contributed by atoms with Crippen molar-refractivity contribution in [3.05, 3.63) is 29.6 Å². The fourth-order valence-corrected chi connectivity index (χ4v) is 2.38. The van der Waals surface area contributed by atoms with Gasteiger partial charge in [-0.3, -0.25) is 4.79 Å². The Morgan fingerprint density at radius 1 is 1.40 bits per heavy atom. The number of aliphatic carboxylic acids is 1. The number of hydrogen-bond acceptors (Lipinski definition) is 3. The first-order valence-electron chi connectivity index (χ1n) is 6.42. The number of hydrogen-bond donors (Lipinski definition) is 1. The van der Waals surface area contributed by atoms with E-state index in [1.165, 1.54) is 24.1 Å². The summed E-state index contributed by atoms with van der Waals surface area (Å²) in [5.74, 6) is -2.03. The molecule has 1 N–H and O–H groups in total. The quantitative estimate of drug-likeness (QED) is 0.919. The van der Waals surface area contributed by atoms with Crippen molar-refractivity contribution in [1.82, 2.24) is 4.90 Å². The van der Waals surface area contributed by atoms with E-state index in [9.17, 15) is 14.0 Å². The predicted molar refractivity (Wildman–Crippen MR) is 69.3 cm³/mol. The van der Waals surface area contributed by atoms with E-state index in [1.54, 1.807) is 0 Å². The molecule has 0 saturated carbocycles. The maximum absolute atomic E-state index is 13.9. The standard InChI is InChI=1S/C14H16FNO4/c1-20-9-5-6-10(11(15)8-9)13(17)16-7-3-2-4-12(16)14(18)19/h5-6,8,12H,2-4,7H2,1H3,(H,18,19). The third-order valence-electron chi connectivity index (χ3n) is 3.46. The van der Waals surface area contributed by atoms with Gasteiger partial charge in [-0.15, -0.1) is 0 Å². The van der Waals surface area contributed by atoms with Gasteiger partial charge in [0.05, 0.1) is 12.7 Å². The highest BCUT2D eigenvalue weighted by Crippen LogP contribution is 2.23. The average molecular weight is 281 g/mol. The predicted octanol–water partition coefficient (Wildman–Crippen LogP) is 1.91. The van der Waals surface area contributed by atoms with Gasteiger partial charge in [0.2, 0.25) is 0 Å². The second-order valence-electron chi connectivity index (χ2n) is 4.69. The molecule has 1 aliphatic heterocycles. The number of carbonyl (C=O) groups is 2. The van der Waals surface area contributed by atoms with Crippen molar-refractivity contribution in [1.29, 1.82) is 0 Å². The van der Waals surface area contributed by atoms with E-state index in [1.807, 2.05) is 0 Å². The van der Waals surface area contributed by atoms with Crippen LogP contribution >= 0.6 is 0 Å². The van der Waals surface area contributed by atoms with Crippen LogP contribution in [0.1, 0.15) is 29.6 Å². The lowest BCUT2D eigenvalue weighted by atomic mass is 10.0.